The molecule has 0 heterocycles. The lowest BCUT2D eigenvalue weighted by Gasteiger charge is -2.07. The van der Waals surface area contributed by atoms with Gasteiger partial charge in [0.1, 0.15) is 5.75 Å². The van der Waals surface area contributed by atoms with Gasteiger partial charge < -0.3 is 10.4 Å². The van der Waals surface area contributed by atoms with Gasteiger partial charge in [-0.25, -0.2) is 0 Å². The van der Waals surface area contributed by atoms with E-state index < -0.39 is 0 Å². The van der Waals surface area contributed by atoms with E-state index >= 15 is 0 Å². The van der Waals surface area contributed by atoms with Crippen molar-refractivity contribution in [2.75, 3.05) is 5.32 Å². The third-order valence-corrected chi connectivity index (χ3v) is 3.21. The van der Waals surface area contributed by atoms with Crippen molar-refractivity contribution in [3.05, 3.63) is 59.2 Å². The fourth-order valence-corrected chi connectivity index (χ4v) is 2.04. The van der Waals surface area contributed by atoms with Crippen molar-refractivity contribution in [2.45, 2.75) is 26.7 Å². The van der Waals surface area contributed by atoms with E-state index in [9.17, 15) is 9.90 Å². The molecule has 0 saturated carbocycles. The highest BCUT2D eigenvalue weighted by molar-refractivity contribution is 6.04. The maximum absolute atomic E-state index is 12.1. The molecule has 0 atom stereocenters. The van der Waals surface area contributed by atoms with Gasteiger partial charge in [0.05, 0.1) is 0 Å². The van der Waals surface area contributed by atoms with E-state index in [1.165, 1.54) is 11.6 Å². The molecule has 0 fully saturated rings. The summed E-state index contributed by atoms with van der Waals surface area (Å²) in [6.07, 6.45) is 2.16. The summed E-state index contributed by atoms with van der Waals surface area (Å²) in [5.41, 5.74) is 3.28. The van der Waals surface area contributed by atoms with Crippen LogP contribution in [0, 0.1) is 6.92 Å². The molecule has 2 aromatic carbocycles. The highest BCUT2D eigenvalue weighted by atomic mass is 16.3. The summed E-state index contributed by atoms with van der Waals surface area (Å²) in [6.45, 7) is 3.91. The summed E-state index contributed by atoms with van der Waals surface area (Å²) in [6, 6.07) is 12.7. The van der Waals surface area contributed by atoms with E-state index in [-0.39, 0.29) is 11.7 Å². The molecule has 0 bridgehead atoms. The van der Waals surface area contributed by atoms with Crippen LogP contribution in [-0.2, 0) is 6.42 Å². The molecule has 104 valence electrons. The predicted octanol–water partition coefficient (Wildman–Crippen LogP) is 3.91. The molecule has 0 unspecified atom stereocenters. The van der Waals surface area contributed by atoms with Crippen LogP contribution in [-0.4, -0.2) is 11.0 Å². The van der Waals surface area contributed by atoms with Crippen molar-refractivity contribution in [1.29, 1.82) is 0 Å². The molecule has 0 spiro atoms. The number of amides is 1. The lowest BCUT2D eigenvalue weighted by atomic mass is 10.1. The van der Waals surface area contributed by atoms with Crippen molar-refractivity contribution in [2.24, 2.45) is 0 Å². The second kappa shape index (κ2) is 6.24. The number of phenolic OH excluding ortho intramolecular Hbond substituents is 1. The Bertz CT molecular complexity index is 603. The number of benzene rings is 2. The van der Waals surface area contributed by atoms with Crippen LogP contribution < -0.4 is 5.32 Å². The van der Waals surface area contributed by atoms with Crippen molar-refractivity contribution < 1.29 is 9.90 Å². The second-order valence-corrected chi connectivity index (χ2v) is 4.90. The summed E-state index contributed by atoms with van der Waals surface area (Å²) in [7, 11) is 0. The average Bonchev–Trinajstić information content (AvgIpc) is 2.44. The minimum atomic E-state index is -0.170. The van der Waals surface area contributed by atoms with Crippen LogP contribution >= 0.6 is 0 Å². The van der Waals surface area contributed by atoms with E-state index in [4.69, 9.17) is 0 Å². The minimum absolute atomic E-state index is 0.170. The number of aromatic hydroxyl groups is 1. The SMILES string of the molecule is CCCc1ccc(NC(=O)c2ccc(O)c(C)c2)cc1. The maximum atomic E-state index is 12.1. The molecule has 3 nitrogen and oxygen atoms in total. The first-order valence-electron chi connectivity index (χ1n) is 6.80. The van der Waals surface area contributed by atoms with Crippen LogP contribution in [0.1, 0.15) is 34.8 Å². The zero-order valence-electron chi connectivity index (χ0n) is 11.8. The Morgan fingerprint density at radius 2 is 1.85 bits per heavy atom. The molecular formula is C17H19NO2. The lowest BCUT2D eigenvalue weighted by Crippen LogP contribution is -2.11. The van der Waals surface area contributed by atoms with Crippen molar-refractivity contribution in [1.82, 2.24) is 0 Å². The summed E-state index contributed by atoms with van der Waals surface area (Å²) >= 11 is 0. The smallest absolute Gasteiger partial charge is 0.255 e. The minimum Gasteiger partial charge on any atom is -0.508 e. The van der Waals surface area contributed by atoms with Gasteiger partial charge in [0.25, 0.3) is 5.91 Å². The Kier molecular flexibility index (Phi) is 4.41. The van der Waals surface area contributed by atoms with Gasteiger partial charge in [0, 0.05) is 11.3 Å². The van der Waals surface area contributed by atoms with Gasteiger partial charge in [-0.05, 0) is 54.8 Å². The first-order chi connectivity index (χ1) is 9.60. The van der Waals surface area contributed by atoms with E-state index in [0.717, 1.165) is 18.5 Å². The van der Waals surface area contributed by atoms with Gasteiger partial charge in [0.15, 0.2) is 0 Å². The molecule has 2 rings (SSSR count). The summed E-state index contributed by atoms with van der Waals surface area (Å²) in [4.78, 5) is 12.1. The van der Waals surface area contributed by atoms with E-state index in [0.29, 0.717) is 11.1 Å². The number of hydrogen-bond donors (Lipinski definition) is 2. The Balaban J connectivity index is 2.08. The Labute approximate surface area is 119 Å². The highest BCUT2D eigenvalue weighted by Crippen LogP contribution is 2.18. The fourth-order valence-electron chi connectivity index (χ4n) is 2.04. The van der Waals surface area contributed by atoms with Gasteiger partial charge in [-0.3, -0.25) is 4.79 Å². The van der Waals surface area contributed by atoms with Crippen LogP contribution in [0.2, 0.25) is 0 Å². The standard InChI is InChI=1S/C17H19NO2/c1-3-4-13-5-8-15(9-6-13)18-17(20)14-7-10-16(19)12(2)11-14/h5-11,19H,3-4H2,1-2H3,(H,18,20). The largest absolute Gasteiger partial charge is 0.508 e. The Morgan fingerprint density at radius 3 is 2.45 bits per heavy atom. The van der Waals surface area contributed by atoms with E-state index in [2.05, 4.69) is 12.2 Å². The first-order valence-corrected chi connectivity index (χ1v) is 6.80. The van der Waals surface area contributed by atoms with Gasteiger partial charge in [-0.2, -0.15) is 0 Å². The van der Waals surface area contributed by atoms with E-state index in [1.807, 2.05) is 24.3 Å². The molecule has 0 aliphatic carbocycles. The van der Waals surface area contributed by atoms with Crippen LogP contribution in [0.5, 0.6) is 5.75 Å². The number of hydrogen-bond acceptors (Lipinski definition) is 2. The topological polar surface area (TPSA) is 49.3 Å². The summed E-state index contributed by atoms with van der Waals surface area (Å²) < 4.78 is 0. The molecule has 3 heteroatoms. The zero-order chi connectivity index (χ0) is 14.5. The van der Waals surface area contributed by atoms with Gasteiger partial charge in [0.2, 0.25) is 0 Å². The third-order valence-electron chi connectivity index (χ3n) is 3.21. The van der Waals surface area contributed by atoms with Crippen molar-refractivity contribution in [3.63, 3.8) is 0 Å². The second-order valence-electron chi connectivity index (χ2n) is 4.90. The molecule has 2 aromatic rings. The third kappa shape index (κ3) is 3.38. The number of aryl methyl sites for hydroxylation is 2. The molecule has 0 aliphatic rings. The molecule has 0 aliphatic heterocycles. The number of phenols is 1. The highest BCUT2D eigenvalue weighted by Gasteiger charge is 2.07. The molecule has 20 heavy (non-hydrogen) atoms. The monoisotopic (exact) mass is 269 g/mol. The first kappa shape index (κ1) is 14.1. The molecule has 1 amide bonds. The molecule has 2 N–H and O–H groups in total. The van der Waals surface area contributed by atoms with Crippen LogP contribution in [0.15, 0.2) is 42.5 Å². The normalized spacial score (nSPS) is 10.3. The van der Waals surface area contributed by atoms with Gasteiger partial charge in [-0.15, -0.1) is 0 Å². The number of carbonyl (C=O) groups excluding carboxylic acids is 1. The number of nitrogens with one attached hydrogen (secondary N) is 1. The van der Waals surface area contributed by atoms with Crippen LogP contribution in [0.25, 0.3) is 0 Å². The van der Waals surface area contributed by atoms with Gasteiger partial charge >= 0.3 is 0 Å². The van der Waals surface area contributed by atoms with Crippen molar-refractivity contribution >= 4 is 11.6 Å². The average molecular weight is 269 g/mol. The Hall–Kier alpha value is -2.29. The maximum Gasteiger partial charge on any atom is 0.255 e. The van der Waals surface area contributed by atoms with E-state index in [1.54, 1.807) is 19.1 Å². The van der Waals surface area contributed by atoms with Crippen LogP contribution in [0.4, 0.5) is 5.69 Å². The summed E-state index contributed by atoms with van der Waals surface area (Å²) in [5.74, 6) is 0.0295. The molecule has 0 saturated heterocycles. The van der Waals surface area contributed by atoms with Gasteiger partial charge in [-0.1, -0.05) is 25.5 Å². The summed E-state index contributed by atoms with van der Waals surface area (Å²) in [5, 5.41) is 12.3. The quantitative estimate of drug-likeness (QED) is 0.884. The Morgan fingerprint density at radius 1 is 1.15 bits per heavy atom. The van der Waals surface area contributed by atoms with Crippen molar-refractivity contribution in [3.8, 4) is 5.75 Å². The predicted molar refractivity (Wildman–Crippen MR) is 81.2 cm³/mol. The molecule has 0 radical (unpaired) electrons. The molecule has 0 aromatic heterocycles. The zero-order valence-corrected chi connectivity index (χ0v) is 11.8. The number of carbonyl (C=O) groups is 1. The lowest BCUT2D eigenvalue weighted by molar-refractivity contribution is 0.102. The number of anilines is 1. The fraction of sp³-hybridized carbons (Fsp3) is 0.235. The number of rotatable bonds is 4. The van der Waals surface area contributed by atoms with Crippen LogP contribution in [0.3, 0.4) is 0 Å². The molecular weight excluding hydrogens is 250 g/mol.